The van der Waals surface area contributed by atoms with E-state index in [-0.39, 0.29) is 37.6 Å². The van der Waals surface area contributed by atoms with E-state index < -0.39 is 33.7 Å². The SMILES string of the molecule is COc1ccc([C@@H]2CC2NCCC[C@H](NC(=O)c2ccc(C(F)(F)F)cc2)C(=O)N2CCN(S(C)(=O)=O)CC2)cc1. The van der Waals surface area contributed by atoms with E-state index in [0.717, 1.165) is 42.7 Å². The maximum absolute atomic E-state index is 13.4. The van der Waals surface area contributed by atoms with E-state index >= 15 is 0 Å². The topological polar surface area (TPSA) is 108 Å². The van der Waals surface area contributed by atoms with Crippen molar-refractivity contribution in [3.8, 4) is 5.75 Å². The maximum atomic E-state index is 13.4. The first-order chi connectivity index (χ1) is 19.4. The van der Waals surface area contributed by atoms with Crippen LogP contribution in [0.2, 0.25) is 0 Å². The molecule has 13 heteroatoms. The van der Waals surface area contributed by atoms with Crippen LogP contribution in [-0.2, 0) is 21.0 Å². The van der Waals surface area contributed by atoms with Crippen molar-refractivity contribution < 1.29 is 35.9 Å². The molecule has 4 rings (SSSR count). The molecule has 2 aromatic rings. The van der Waals surface area contributed by atoms with Crippen LogP contribution in [0.1, 0.15) is 46.7 Å². The number of nitrogens with one attached hydrogen (secondary N) is 2. The molecule has 2 fully saturated rings. The average molecular weight is 597 g/mol. The van der Waals surface area contributed by atoms with Crippen LogP contribution in [0.4, 0.5) is 13.2 Å². The van der Waals surface area contributed by atoms with Crippen molar-refractivity contribution in [2.75, 3.05) is 46.1 Å². The fourth-order valence-electron chi connectivity index (χ4n) is 5.00. The number of halogens is 3. The molecule has 0 aromatic heterocycles. The molecule has 9 nitrogen and oxygen atoms in total. The van der Waals surface area contributed by atoms with E-state index in [1.165, 1.54) is 14.8 Å². The second-order valence-corrected chi connectivity index (χ2v) is 12.4. The summed E-state index contributed by atoms with van der Waals surface area (Å²) >= 11 is 0. The molecule has 1 aliphatic heterocycles. The van der Waals surface area contributed by atoms with Gasteiger partial charge in [-0.2, -0.15) is 17.5 Å². The Bertz CT molecular complexity index is 1310. The Morgan fingerprint density at radius 3 is 2.22 bits per heavy atom. The third-order valence-electron chi connectivity index (χ3n) is 7.51. The molecule has 0 radical (unpaired) electrons. The van der Waals surface area contributed by atoms with Crippen molar-refractivity contribution in [1.82, 2.24) is 19.8 Å². The minimum absolute atomic E-state index is 0.0103. The highest BCUT2D eigenvalue weighted by Gasteiger charge is 2.38. The fraction of sp³-hybridized carbons (Fsp3) is 0.500. The molecule has 41 heavy (non-hydrogen) atoms. The zero-order valence-corrected chi connectivity index (χ0v) is 23.8. The van der Waals surface area contributed by atoms with Gasteiger partial charge in [0.25, 0.3) is 5.91 Å². The molecule has 1 aliphatic carbocycles. The van der Waals surface area contributed by atoms with Crippen molar-refractivity contribution in [3.63, 3.8) is 0 Å². The van der Waals surface area contributed by atoms with Crippen LogP contribution in [0.5, 0.6) is 5.75 Å². The second kappa shape index (κ2) is 12.8. The molecule has 224 valence electrons. The van der Waals surface area contributed by atoms with Gasteiger partial charge in [0.15, 0.2) is 0 Å². The number of carbonyl (C=O) groups is 2. The van der Waals surface area contributed by atoms with Gasteiger partial charge in [-0.15, -0.1) is 0 Å². The third-order valence-corrected chi connectivity index (χ3v) is 8.81. The Morgan fingerprint density at radius 2 is 1.66 bits per heavy atom. The molecular formula is C28H35F3N4O5S. The van der Waals surface area contributed by atoms with Crippen molar-refractivity contribution >= 4 is 21.8 Å². The molecule has 2 amide bonds. The molecule has 2 N–H and O–H groups in total. The number of piperazine rings is 1. The molecule has 3 atom stereocenters. The minimum atomic E-state index is -4.53. The van der Waals surface area contributed by atoms with E-state index in [9.17, 15) is 31.2 Å². The summed E-state index contributed by atoms with van der Waals surface area (Å²) in [5.41, 5.74) is 0.356. The van der Waals surface area contributed by atoms with E-state index in [1.807, 2.05) is 24.3 Å². The fourth-order valence-corrected chi connectivity index (χ4v) is 5.83. The standard InChI is InChI=1S/C28H35F3N4O5S/c1-40-22-11-7-19(8-12-22)23-18-25(23)32-13-3-4-24(27(37)34-14-16-35(17-15-34)41(2,38)39)33-26(36)20-5-9-21(10-6-20)28(29,30)31/h5-12,23-25,32H,3-4,13-18H2,1-2H3,(H,33,36)/t23-,24-,25?/m0/s1. The predicted octanol–water partition coefficient (Wildman–Crippen LogP) is 2.84. The van der Waals surface area contributed by atoms with Crippen molar-refractivity contribution in [2.24, 2.45) is 0 Å². The highest BCUT2D eigenvalue weighted by atomic mass is 32.2. The Morgan fingerprint density at radius 1 is 1.02 bits per heavy atom. The highest BCUT2D eigenvalue weighted by Crippen LogP contribution is 2.41. The smallest absolute Gasteiger partial charge is 0.416 e. The molecule has 1 saturated heterocycles. The van der Waals surface area contributed by atoms with Gasteiger partial charge in [0.2, 0.25) is 15.9 Å². The maximum Gasteiger partial charge on any atom is 0.416 e. The number of methoxy groups -OCH3 is 1. The van der Waals surface area contributed by atoms with Gasteiger partial charge in [0, 0.05) is 43.7 Å². The predicted molar refractivity (Wildman–Crippen MR) is 147 cm³/mol. The molecule has 0 bridgehead atoms. The number of alkyl halides is 3. The van der Waals surface area contributed by atoms with E-state index in [1.54, 1.807) is 7.11 Å². The van der Waals surface area contributed by atoms with E-state index in [2.05, 4.69) is 10.6 Å². The molecule has 2 aliphatic rings. The molecule has 0 spiro atoms. The summed E-state index contributed by atoms with van der Waals surface area (Å²) in [6.07, 6.45) is -1.54. The van der Waals surface area contributed by atoms with Gasteiger partial charge in [-0.1, -0.05) is 12.1 Å². The Kier molecular flexibility index (Phi) is 9.60. The van der Waals surface area contributed by atoms with Crippen LogP contribution in [0, 0.1) is 0 Å². The number of rotatable bonds is 11. The summed E-state index contributed by atoms with van der Waals surface area (Å²) in [4.78, 5) is 27.8. The van der Waals surface area contributed by atoms with E-state index in [0.29, 0.717) is 31.3 Å². The first-order valence-corrected chi connectivity index (χ1v) is 15.3. The second-order valence-electron chi connectivity index (χ2n) is 10.4. The molecule has 1 unspecified atom stereocenters. The average Bonchev–Trinajstić information content (AvgIpc) is 3.73. The van der Waals surface area contributed by atoms with Gasteiger partial charge in [0.05, 0.1) is 18.9 Å². The normalized spacial score (nSPS) is 20.4. The lowest BCUT2D eigenvalue weighted by Gasteiger charge is -2.35. The van der Waals surface area contributed by atoms with Gasteiger partial charge in [-0.3, -0.25) is 9.59 Å². The summed E-state index contributed by atoms with van der Waals surface area (Å²) in [6.45, 7) is 1.28. The lowest BCUT2D eigenvalue weighted by molar-refractivity contribution is -0.137. The number of amides is 2. The highest BCUT2D eigenvalue weighted by molar-refractivity contribution is 7.88. The Balaban J connectivity index is 1.35. The van der Waals surface area contributed by atoms with Gasteiger partial charge < -0.3 is 20.3 Å². The number of hydrogen-bond acceptors (Lipinski definition) is 6. The summed E-state index contributed by atoms with van der Waals surface area (Å²) in [5.74, 6) is 0.192. The van der Waals surface area contributed by atoms with Crippen LogP contribution in [0.25, 0.3) is 0 Å². The van der Waals surface area contributed by atoms with Gasteiger partial charge >= 0.3 is 6.18 Å². The van der Waals surface area contributed by atoms with Crippen LogP contribution < -0.4 is 15.4 Å². The number of benzene rings is 2. The number of carbonyl (C=O) groups excluding carboxylic acids is 2. The number of hydrogen-bond donors (Lipinski definition) is 2. The van der Waals surface area contributed by atoms with Crippen LogP contribution in [-0.4, -0.2) is 87.6 Å². The summed E-state index contributed by atoms with van der Waals surface area (Å²) in [5, 5.41) is 6.18. The van der Waals surface area contributed by atoms with Gasteiger partial charge in [0.1, 0.15) is 11.8 Å². The van der Waals surface area contributed by atoms with Crippen LogP contribution in [0.3, 0.4) is 0 Å². The zero-order chi connectivity index (χ0) is 29.8. The Labute approximate surface area is 238 Å². The number of ether oxygens (including phenoxy) is 1. The monoisotopic (exact) mass is 596 g/mol. The van der Waals surface area contributed by atoms with Crippen molar-refractivity contribution in [3.05, 3.63) is 65.2 Å². The van der Waals surface area contributed by atoms with Crippen molar-refractivity contribution in [2.45, 2.75) is 43.4 Å². The largest absolute Gasteiger partial charge is 0.497 e. The zero-order valence-electron chi connectivity index (χ0n) is 23.0. The lowest BCUT2D eigenvalue weighted by atomic mass is 10.1. The molecule has 1 heterocycles. The first kappa shape index (κ1) is 30.8. The molecule has 1 saturated carbocycles. The first-order valence-electron chi connectivity index (χ1n) is 13.5. The minimum Gasteiger partial charge on any atom is -0.497 e. The van der Waals surface area contributed by atoms with Crippen LogP contribution in [0.15, 0.2) is 48.5 Å². The molecular weight excluding hydrogens is 561 g/mol. The quantitative estimate of drug-likeness (QED) is 0.387. The third kappa shape index (κ3) is 8.20. The summed E-state index contributed by atoms with van der Waals surface area (Å²) in [7, 11) is -1.76. The number of sulfonamides is 1. The summed E-state index contributed by atoms with van der Waals surface area (Å²) in [6, 6.07) is 11.2. The van der Waals surface area contributed by atoms with E-state index in [4.69, 9.17) is 4.74 Å². The van der Waals surface area contributed by atoms with Gasteiger partial charge in [-0.05, 0) is 67.8 Å². The van der Waals surface area contributed by atoms with Crippen LogP contribution >= 0.6 is 0 Å². The molecule has 2 aromatic carbocycles. The lowest BCUT2D eigenvalue weighted by Crippen LogP contribution is -2.55. The van der Waals surface area contributed by atoms with Gasteiger partial charge in [-0.25, -0.2) is 8.42 Å². The Hall–Kier alpha value is -3.16. The number of nitrogens with zero attached hydrogens (tertiary/aromatic N) is 2. The summed E-state index contributed by atoms with van der Waals surface area (Å²) < 4.78 is 69.0. The van der Waals surface area contributed by atoms with Crippen molar-refractivity contribution in [1.29, 1.82) is 0 Å².